The van der Waals surface area contributed by atoms with Crippen LogP contribution in [0.1, 0.15) is 30.1 Å². The maximum absolute atomic E-state index is 12.1. The van der Waals surface area contributed by atoms with Crippen LogP contribution < -0.4 is 5.32 Å². The number of carboxylic acid groups (broad SMARTS) is 1. The Morgan fingerprint density at radius 1 is 1.43 bits per heavy atom. The lowest BCUT2D eigenvalue weighted by molar-refractivity contribution is -0.139. The van der Waals surface area contributed by atoms with Gasteiger partial charge in [-0.05, 0) is 24.6 Å². The molecule has 7 heteroatoms. The summed E-state index contributed by atoms with van der Waals surface area (Å²) >= 11 is 0. The van der Waals surface area contributed by atoms with Crippen molar-refractivity contribution in [3.63, 3.8) is 0 Å². The van der Waals surface area contributed by atoms with Crippen LogP contribution in [0.25, 0.3) is 5.82 Å². The number of carbonyl (C=O) groups is 2. The van der Waals surface area contributed by atoms with Crippen molar-refractivity contribution in [1.29, 1.82) is 0 Å². The molecule has 2 N–H and O–H groups in total. The lowest BCUT2D eigenvalue weighted by Crippen LogP contribution is -2.40. The van der Waals surface area contributed by atoms with Crippen molar-refractivity contribution in [3.05, 3.63) is 42.4 Å². The van der Waals surface area contributed by atoms with E-state index in [1.807, 2.05) is 6.92 Å². The fourth-order valence-electron chi connectivity index (χ4n) is 1.88. The Hall–Kier alpha value is -2.70. The van der Waals surface area contributed by atoms with Crippen molar-refractivity contribution in [2.75, 3.05) is 0 Å². The molecule has 2 rings (SSSR count). The summed E-state index contributed by atoms with van der Waals surface area (Å²) in [6.45, 7) is 1.87. The molecule has 0 aliphatic rings. The Balaban J connectivity index is 2.16. The molecule has 1 unspecified atom stereocenters. The Bertz CT molecular complexity index is 625. The van der Waals surface area contributed by atoms with Gasteiger partial charge in [0.25, 0.3) is 5.91 Å². The molecule has 0 radical (unpaired) electrons. The molecule has 1 amide bonds. The van der Waals surface area contributed by atoms with Crippen molar-refractivity contribution >= 4 is 11.9 Å². The number of hydrogen-bond acceptors (Lipinski definition) is 4. The number of nitrogens with one attached hydrogen (secondary N) is 1. The summed E-state index contributed by atoms with van der Waals surface area (Å²) in [5.41, 5.74) is 0.345. The normalized spacial score (nSPS) is 11.9. The van der Waals surface area contributed by atoms with Crippen LogP contribution in [0.3, 0.4) is 0 Å². The predicted octanol–water partition coefficient (Wildman–Crippen LogP) is 1.25. The zero-order chi connectivity index (χ0) is 15.2. The second-order valence-corrected chi connectivity index (χ2v) is 4.51. The van der Waals surface area contributed by atoms with Gasteiger partial charge in [-0.1, -0.05) is 13.3 Å². The van der Waals surface area contributed by atoms with E-state index >= 15 is 0 Å². The van der Waals surface area contributed by atoms with Crippen LogP contribution in [0.15, 0.2) is 36.8 Å². The smallest absolute Gasteiger partial charge is 0.326 e. The van der Waals surface area contributed by atoms with Crippen molar-refractivity contribution in [2.45, 2.75) is 25.8 Å². The van der Waals surface area contributed by atoms with Crippen molar-refractivity contribution in [2.24, 2.45) is 0 Å². The van der Waals surface area contributed by atoms with E-state index in [2.05, 4.69) is 15.4 Å². The molecule has 0 aromatic carbocycles. The standard InChI is InChI=1S/C14H16N4O3/c1-2-4-11(14(20)21)17-13(19)10-5-7-15-12(9-10)18-8-3-6-16-18/h3,5-9,11H,2,4H2,1H3,(H,17,19)(H,20,21). The van der Waals surface area contributed by atoms with Crippen LogP contribution in [0.5, 0.6) is 0 Å². The number of nitrogens with zero attached hydrogens (tertiary/aromatic N) is 3. The summed E-state index contributed by atoms with van der Waals surface area (Å²) < 4.78 is 1.53. The molecule has 2 aromatic heterocycles. The molecule has 0 bridgehead atoms. The summed E-state index contributed by atoms with van der Waals surface area (Å²) in [6.07, 6.45) is 5.86. The molecule has 2 heterocycles. The number of hydrogen-bond donors (Lipinski definition) is 2. The quantitative estimate of drug-likeness (QED) is 0.833. The predicted molar refractivity (Wildman–Crippen MR) is 75.2 cm³/mol. The highest BCUT2D eigenvalue weighted by Crippen LogP contribution is 2.07. The van der Waals surface area contributed by atoms with Gasteiger partial charge in [-0.2, -0.15) is 5.10 Å². The van der Waals surface area contributed by atoms with Gasteiger partial charge in [0.1, 0.15) is 6.04 Å². The first-order valence-electron chi connectivity index (χ1n) is 6.61. The van der Waals surface area contributed by atoms with Crippen molar-refractivity contribution in [1.82, 2.24) is 20.1 Å². The maximum atomic E-state index is 12.1. The second kappa shape index (κ2) is 6.65. The first-order valence-corrected chi connectivity index (χ1v) is 6.61. The van der Waals surface area contributed by atoms with Gasteiger partial charge in [-0.3, -0.25) is 4.79 Å². The first-order chi connectivity index (χ1) is 10.1. The summed E-state index contributed by atoms with van der Waals surface area (Å²) in [4.78, 5) is 27.3. The first kappa shape index (κ1) is 14.7. The molecule has 110 valence electrons. The summed E-state index contributed by atoms with van der Waals surface area (Å²) in [7, 11) is 0. The van der Waals surface area contributed by atoms with Gasteiger partial charge < -0.3 is 10.4 Å². The molecule has 0 saturated heterocycles. The van der Waals surface area contributed by atoms with Crippen LogP contribution in [0, 0.1) is 0 Å². The van der Waals surface area contributed by atoms with Gasteiger partial charge >= 0.3 is 5.97 Å². The lowest BCUT2D eigenvalue weighted by Gasteiger charge is -2.13. The van der Waals surface area contributed by atoms with E-state index < -0.39 is 17.9 Å². The van der Waals surface area contributed by atoms with Gasteiger partial charge in [0.05, 0.1) is 0 Å². The highest BCUT2D eigenvalue weighted by Gasteiger charge is 2.19. The fourth-order valence-corrected chi connectivity index (χ4v) is 1.88. The molecular formula is C14H16N4O3. The van der Waals surface area contributed by atoms with E-state index in [-0.39, 0.29) is 0 Å². The third-order valence-corrected chi connectivity index (χ3v) is 2.93. The average Bonchev–Trinajstić information content (AvgIpc) is 3.01. The highest BCUT2D eigenvalue weighted by molar-refractivity contribution is 5.96. The molecule has 21 heavy (non-hydrogen) atoms. The van der Waals surface area contributed by atoms with Gasteiger partial charge in [0.2, 0.25) is 0 Å². The minimum absolute atomic E-state index is 0.345. The Morgan fingerprint density at radius 2 is 2.24 bits per heavy atom. The largest absolute Gasteiger partial charge is 0.480 e. The monoisotopic (exact) mass is 288 g/mol. The van der Waals surface area contributed by atoms with E-state index in [1.54, 1.807) is 24.5 Å². The van der Waals surface area contributed by atoms with E-state index in [0.717, 1.165) is 0 Å². The summed E-state index contributed by atoms with van der Waals surface area (Å²) in [6, 6.07) is 3.96. The molecule has 0 spiro atoms. The molecule has 0 fully saturated rings. The number of carboxylic acids is 1. The molecule has 0 aliphatic heterocycles. The Morgan fingerprint density at radius 3 is 2.86 bits per heavy atom. The number of pyridine rings is 1. The molecular weight excluding hydrogens is 272 g/mol. The van der Waals surface area contributed by atoms with Crippen LogP contribution in [-0.4, -0.2) is 37.8 Å². The summed E-state index contributed by atoms with van der Waals surface area (Å²) in [5, 5.41) is 15.6. The molecule has 0 aliphatic carbocycles. The third kappa shape index (κ3) is 3.65. The summed E-state index contributed by atoms with van der Waals surface area (Å²) in [5.74, 6) is -0.978. The maximum Gasteiger partial charge on any atom is 0.326 e. The van der Waals surface area contributed by atoms with Gasteiger partial charge in [0.15, 0.2) is 5.82 Å². The Kier molecular flexibility index (Phi) is 4.65. The van der Waals surface area contributed by atoms with E-state index in [0.29, 0.717) is 24.2 Å². The number of aliphatic carboxylic acids is 1. The minimum atomic E-state index is -1.04. The van der Waals surface area contributed by atoms with Crippen LogP contribution in [-0.2, 0) is 4.79 Å². The van der Waals surface area contributed by atoms with Crippen LogP contribution >= 0.6 is 0 Å². The topological polar surface area (TPSA) is 97.1 Å². The third-order valence-electron chi connectivity index (χ3n) is 2.93. The van der Waals surface area contributed by atoms with Crippen LogP contribution in [0.2, 0.25) is 0 Å². The molecule has 7 nitrogen and oxygen atoms in total. The lowest BCUT2D eigenvalue weighted by atomic mass is 10.1. The minimum Gasteiger partial charge on any atom is -0.480 e. The molecule has 0 saturated carbocycles. The number of amides is 1. The van der Waals surface area contributed by atoms with Gasteiger partial charge in [0, 0.05) is 24.2 Å². The van der Waals surface area contributed by atoms with Gasteiger partial charge in [-0.15, -0.1) is 0 Å². The number of rotatable bonds is 6. The highest BCUT2D eigenvalue weighted by atomic mass is 16.4. The number of carbonyl (C=O) groups excluding carboxylic acids is 1. The molecule has 1 atom stereocenters. The fraction of sp³-hybridized carbons (Fsp3) is 0.286. The zero-order valence-electron chi connectivity index (χ0n) is 11.6. The van der Waals surface area contributed by atoms with E-state index in [4.69, 9.17) is 5.11 Å². The van der Waals surface area contributed by atoms with Crippen molar-refractivity contribution in [3.8, 4) is 5.82 Å². The van der Waals surface area contributed by atoms with Gasteiger partial charge in [-0.25, -0.2) is 14.5 Å². The SMILES string of the molecule is CCCC(NC(=O)c1ccnc(-n2cccn2)c1)C(=O)O. The number of aromatic nitrogens is 3. The van der Waals surface area contributed by atoms with Crippen molar-refractivity contribution < 1.29 is 14.7 Å². The second-order valence-electron chi connectivity index (χ2n) is 4.51. The van der Waals surface area contributed by atoms with E-state index in [9.17, 15) is 9.59 Å². The van der Waals surface area contributed by atoms with E-state index in [1.165, 1.54) is 16.9 Å². The van der Waals surface area contributed by atoms with Crippen LogP contribution in [0.4, 0.5) is 0 Å². The molecule has 2 aromatic rings. The zero-order valence-corrected chi connectivity index (χ0v) is 11.6. The average molecular weight is 288 g/mol. The Labute approximate surface area is 121 Å².